The molecule has 168 valence electrons. The molecule has 1 aromatic rings. The number of ether oxygens (including phenoxy) is 1. The SMILES string of the molecule is CN(C)[C@@H]1CCC2=CC3=CC[C@]4(C)C(C(=O)Nc5ccccc5)=CC[C@H]4[C@@]34CC[C@]2(C1)O4. The third-order valence-electron chi connectivity index (χ3n) is 9.25. The predicted molar refractivity (Wildman–Crippen MR) is 127 cm³/mol. The van der Waals surface area contributed by atoms with E-state index in [0.717, 1.165) is 49.8 Å². The van der Waals surface area contributed by atoms with Gasteiger partial charge in [0, 0.05) is 28.6 Å². The first-order valence-electron chi connectivity index (χ1n) is 12.2. The Hall–Kier alpha value is -2.17. The van der Waals surface area contributed by atoms with Gasteiger partial charge in [-0.3, -0.25) is 4.79 Å². The smallest absolute Gasteiger partial charge is 0.251 e. The van der Waals surface area contributed by atoms with E-state index in [9.17, 15) is 4.79 Å². The van der Waals surface area contributed by atoms with Crippen molar-refractivity contribution in [2.45, 2.75) is 69.1 Å². The molecule has 0 aromatic heterocycles. The molecule has 0 unspecified atom stereocenters. The van der Waals surface area contributed by atoms with E-state index < -0.39 is 0 Å². The molecular weight excluding hydrogens is 396 g/mol. The molecule has 5 atom stereocenters. The zero-order valence-electron chi connectivity index (χ0n) is 19.5. The molecule has 2 bridgehead atoms. The second-order valence-electron chi connectivity index (χ2n) is 11.0. The van der Waals surface area contributed by atoms with E-state index >= 15 is 0 Å². The molecule has 1 saturated carbocycles. The molecular formula is C28H34N2O2. The zero-order valence-corrected chi connectivity index (χ0v) is 19.5. The maximum absolute atomic E-state index is 13.3. The average Bonchev–Trinajstić information content (AvgIpc) is 3.29. The number of allylic oxidation sites excluding steroid dienone is 2. The Labute approximate surface area is 191 Å². The summed E-state index contributed by atoms with van der Waals surface area (Å²) < 4.78 is 7.26. The van der Waals surface area contributed by atoms with Gasteiger partial charge in [-0.2, -0.15) is 0 Å². The van der Waals surface area contributed by atoms with Crippen LogP contribution in [-0.4, -0.2) is 42.1 Å². The molecule has 1 aromatic carbocycles. The molecule has 32 heavy (non-hydrogen) atoms. The normalized spacial score (nSPS) is 39.4. The van der Waals surface area contributed by atoms with Crippen LogP contribution in [0.2, 0.25) is 0 Å². The average molecular weight is 431 g/mol. The summed E-state index contributed by atoms with van der Waals surface area (Å²) >= 11 is 0. The molecule has 2 aliphatic heterocycles. The van der Waals surface area contributed by atoms with Crippen LogP contribution in [0.5, 0.6) is 0 Å². The fourth-order valence-corrected chi connectivity index (χ4v) is 7.48. The van der Waals surface area contributed by atoms with Crippen molar-refractivity contribution in [3.63, 3.8) is 0 Å². The predicted octanol–water partition coefficient (Wildman–Crippen LogP) is 5.25. The van der Waals surface area contributed by atoms with E-state index in [1.54, 1.807) is 0 Å². The van der Waals surface area contributed by atoms with Gasteiger partial charge < -0.3 is 15.0 Å². The quantitative estimate of drug-likeness (QED) is 0.712. The molecule has 3 aliphatic carbocycles. The van der Waals surface area contributed by atoms with Crippen molar-refractivity contribution in [2.75, 3.05) is 19.4 Å². The van der Waals surface area contributed by atoms with Crippen LogP contribution < -0.4 is 5.32 Å². The lowest BCUT2D eigenvalue weighted by Crippen LogP contribution is -2.55. The van der Waals surface area contributed by atoms with Crippen LogP contribution in [-0.2, 0) is 9.53 Å². The lowest BCUT2D eigenvalue weighted by atomic mass is 9.59. The monoisotopic (exact) mass is 430 g/mol. The van der Waals surface area contributed by atoms with Gasteiger partial charge in [-0.05, 0) is 82.3 Å². The van der Waals surface area contributed by atoms with Crippen molar-refractivity contribution in [2.24, 2.45) is 11.3 Å². The molecule has 1 amide bonds. The topological polar surface area (TPSA) is 41.6 Å². The Balaban J connectivity index is 1.32. The summed E-state index contributed by atoms with van der Waals surface area (Å²) in [5.74, 6) is 0.364. The number of carbonyl (C=O) groups is 1. The van der Waals surface area contributed by atoms with E-state index in [1.165, 1.54) is 17.6 Å². The van der Waals surface area contributed by atoms with Crippen LogP contribution in [0.3, 0.4) is 0 Å². The second kappa shape index (κ2) is 6.91. The van der Waals surface area contributed by atoms with Crippen LogP contribution in [0, 0.1) is 11.3 Å². The fraction of sp³-hybridized carbons (Fsp3) is 0.536. The minimum absolute atomic E-state index is 0.0412. The second-order valence-corrected chi connectivity index (χ2v) is 11.0. The molecule has 2 heterocycles. The first kappa shape index (κ1) is 20.4. The number of carbonyl (C=O) groups excluding carboxylic acids is 1. The van der Waals surface area contributed by atoms with Crippen LogP contribution in [0.25, 0.3) is 0 Å². The summed E-state index contributed by atoms with van der Waals surface area (Å²) in [6.07, 6.45) is 14.6. The van der Waals surface area contributed by atoms with Crippen LogP contribution in [0.15, 0.2) is 65.3 Å². The Morgan fingerprint density at radius 3 is 2.75 bits per heavy atom. The summed E-state index contributed by atoms with van der Waals surface area (Å²) in [6.45, 7) is 2.29. The number of rotatable bonds is 3. The van der Waals surface area contributed by atoms with Gasteiger partial charge in [0.2, 0.25) is 0 Å². The molecule has 2 spiro atoms. The highest BCUT2D eigenvalue weighted by atomic mass is 16.5. The van der Waals surface area contributed by atoms with Crippen molar-refractivity contribution in [1.29, 1.82) is 0 Å². The van der Waals surface area contributed by atoms with Gasteiger partial charge >= 0.3 is 0 Å². The molecule has 1 N–H and O–H groups in total. The van der Waals surface area contributed by atoms with Crippen LogP contribution >= 0.6 is 0 Å². The highest BCUT2D eigenvalue weighted by Gasteiger charge is 2.65. The summed E-state index contributed by atoms with van der Waals surface area (Å²) in [7, 11) is 4.40. The van der Waals surface area contributed by atoms with E-state index in [4.69, 9.17) is 4.74 Å². The fourth-order valence-electron chi connectivity index (χ4n) is 7.48. The Kier molecular flexibility index (Phi) is 4.42. The summed E-state index contributed by atoms with van der Waals surface area (Å²) in [5, 5.41) is 3.13. The number of hydrogen-bond acceptors (Lipinski definition) is 3. The number of hydrogen-bond donors (Lipinski definition) is 1. The largest absolute Gasteiger partial charge is 0.359 e. The maximum Gasteiger partial charge on any atom is 0.251 e. The molecule has 4 nitrogen and oxygen atoms in total. The number of fused-ring (bicyclic) bond motifs is 1. The van der Waals surface area contributed by atoms with Crippen molar-refractivity contribution in [3.8, 4) is 0 Å². The summed E-state index contributed by atoms with van der Waals surface area (Å²) in [4.78, 5) is 15.7. The van der Waals surface area contributed by atoms with E-state index in [0.29, 0.717) is 12.0 Å². The van der Waals surface area contributed by atoms with Crippen molar-refractivity contribution in [3.05, 3.63) is 65.3 Å². The third kappa shape index (κ3) is 2.72. The van der Waals surface area contributed by atoms with Gasteiger partial charge in [0.1, 0.15) is 0 Å². The maximum atomic E-state index is 13.3. The minimum Gasteiger partial charge on any atom is -0.359 e. The molecule has 2 fully saturated rings. The highest BCUT2D eigenvalue weighted by Crippen LogP contribution is 2.66. The first-order chi connectivity index (χ1) is 15.4. The number of anilines is 1. The molecule has 5 aliphatic rings. The van der Waals surface area contributed by atoms with Gasteiger partial charge in [-0.1, -0.05) is 43.4 Å². The first-order valence-corrected chi connectivity index (χ1v) is 12.2. The Morgan fingerprint density at radius 1 is 1.16 bits per heavy atom. The highest BCUT2D eigenvalue weighted by molar-refractivity contribution is 6.05. The van der Waals surface area contributed by atoms with E-state index in [2.05, 4.69) is 49.5 Å². The third-order valence-corrected chi connectivity index (χ3v) is 9.25. The molecule has 0 radical (unpaired) electrons. The van der Waals surface area contributed by atoms with Crippen LogP contribution in [0.4, 0.5) is 5.69 Å². The summed E-state index contributed by atoms with van der Waals surface area (Å²) in [6, 6.07) is 10.4. The number of para-hydroxylation sites is 1. The Morgan fingerprint density at radius 2 is 1.97 bits per heavy atom. The van der Waals surface area contributed by atoms with Gasteiger partial charge in [-0.15, -0.1) is 0 Å². The Bertz CT molecular complexity index is 1050. The van der Waals surface area contributed by atoms with Crippen molar-refractivity contribution >= 4 is 11.6 Å². The zero-order chi connectivity index (χ0) is 22.1. The van der Waals surface area contributed by atoms with E-state index in [1.807, 2.05) is 30.3 Å². The van der Waals surface area contributed by atoms with Gasteiger partial charge in [0.15, 0.2) is 0 Å². The number of nitrogens with one attached hydrogen (secondary N) is 1. The lowest BCUT2D eigenvalue weighted by molar-refractivity contribution is -0.137. The minimum atomic E-state index is -0.240. The van der Waals surface area contributed by atoms with E-state index in [-0.39, 0.29) is 22.5 Å². The van der Waals surface area contributed by atoms with Gasteiger partial charge in [-0.25, -0.2) is 0 Å². The van der Waals surface area contributed by atoms with Crippen LogP contribution in [0.1, 0.15) is 51.9 Å². The van der Waals surface area contributed by atoms with Crippen molar-refractivity contribution < 1.29 is 9.53 Å². The molecule has 6 rings (SSSR count). The standard InChI is InChI=1S/C28H34N2O2/c1-26-14-13-20-17-19-9-10-22(30(2)3)18-27(19)15-16-28(20,32-27)24(26)12-11-23(26)25(31)29-21-7-5-4-6-8-21/h4-8,11,13,17,22,24H,9-10,12,14-16,18H2,1-3H3,(H,29,31)/t22-,24-,26-,27-,28-/m1/s1. The summed E-state index contributed by atoms with van der Waals surface area (Å²) in [5.41, 5.74) is 4.18. The van der Waals surface area contributed by atoms with Crippen molar-refractivity contribution in [1.82, 2.24) is 4.90 Å². The van der Waals surface area contributed by atoms with Gasteiger partial charge in [0.05, 0.1) is 11.2 Å². The number of nitrogens with zero attached hydrogens (tertiary/aromatic N) is 1. The molecule has 1 saturated heterocycles. The number of amides is 1. The molecule has 4 heteroatoms. The van der Waals surface area contributed by atoms with Gasteiger partial charge in [0.25, 0.3) is 5.91 Å². The lowest BCUT2D eigenvalue weighted by Gasteiger charge is -2.54. The number of benzene rings is 1.